The highest BCUT2D eigenvalue weighted by Gasteiger charge is 2.38. The van der Waals surface area contributed by atoms with Gasteiger partial charge in [-0.3, -0.25) is 14.6 Å². The topological polar surface area (TPSA) is 84.9 Å². The standard InChI is InChI=1S/C26H34N4O4/c1-33-19-24(31)29-14-10-26(11-15-29)9-5-4-7-21-6-2-3-8-23(21)34-17-16-30(20-26)25(32)22-18-27-12-13-28-22/h2-3,6,8,12-13,18H,4-5,7,9-11,14-17,19-20H2,1H3. The number of amides is 2. The molecule has 1 aromatic carbocycles. The number of aryl methyl sites for hydroxylation is 1. The third kappa shape index (κ3) is 5.91. The highest BCUT2D eigenvalue weighted by molar-refractivity contribution is 5.92. The Hall–Kier alpha value is -3.00. The van der Waals surface area contributed by atoms with Crippen molar-refractivity contribution in [1.82, 2.24) is 19.8 Å². The van der Waals surface area contributed by atoms with Gasteiger partial charge in [-0.15, -0.1) is 0 Å². The highest BCUT2D eigenvalue weighted by Crippen LogP contribution is 2.38. The lowest BCUT2D eigenvalue weighted by Gasteiger charge is -2.44. The van der Waals surface area contributed by atoms with Crippen LogP contribution in [0.2, 0.25) is 0 Å². The molecule has 8 heteroatoms. The van der Waals surface area contributed by atoms with Crippen molar-refractivity contribution in [2.75, 3.05) is 46.5 Å². The number of hydrogen-bond donors (Lipinski definition) is 0. The Kier molecular flexibility index (Phi) is 8.11. The van der Waals surface area contributed by atoms with E-state index in [1.807, 2.05) is 28.0 Å². The van der Waals surface area contributed by atoms with Crippen molar-refractivity contribution < 1.29 is 19.1 Å². The van der Waals surface area contributed by atoms with Crippen LogP contribution in [-0.4, -0.2) is 78.1 Å². The van der Waals surface area contributed by atoms with Crippen molar-refractivity contribution in [3.63, 3.8) is 0 Å². The fraction of sp³-hybridized carbons (Fsp3) is 0.538. The summed E-state index contributed by atoms with van der Waals surface area (Å²) in [6.45, 7) is 3.00. The van der Waals surface area contributed by atoms with Crippen LogP contribution in [0.5, 0.6) is 5.75 Å². The van der Waals surface area contributed by atoms with Crippen molar-refractivity contribution in [1.29, 1.82) is 0 Å². The fourth-order valence-electron chi connectivity index (χ4n) is 5.09. The van der Waals surface area contributed by atoms with E-state index in [2.05, 4.69) is 16.0 Å². The minimum absolute atomic E-state index is 0.0306. The lowest BCUT2D eigenvalue weighted by Crippen LogP contribution is -2.50. The second-order valence-corrected chi connectivity index (χ2v) is 9.29. The molecule has 182 valence electrons. The number of carbonyl (C=O) groups excluding carboxylic acids is 2. The van der Waals surface area contributed by atoms with Crippen molar-refractivity contribution in [2.45, 2.75) is 38.5 Å². The molecule has 0 N–H and O–H groups in total. The van der Waals surface area contributed by atoms with Crippen LogP contribution in [0.25, 0.3) is 0 Å². The fourth-order valence-corrected chi connectivity index (χ4v) is 5.09. The van der Waals surface area contributed by atoms with E-state index in [1.165, 1.54) is 11.8 Å². The molecule has 0 atom stereocenters. The molecule has 1 saturated heterocycles. The van der Waals surface area contributed by atoms with Crippen LogP contribution in [0.1, 0.15) is 48.2 Å². The third-order valence-corrected chi connectivity index (χ3v) is 7.03. The Balaban J connectivity index is 1.55. The summed E-state index contributed by atoms with van der Waals surface area (Å²) in [5, 5.41) is 0. The average Bonchev–Trinajstić information content (AvgIpc) is 2.87. The molecular weight excluding hydrogens is 432 g/mol. The number of carbonyl (C=O) groups is 2. The smallest absolute Gasteiger partial charge is 0.274 e. The zero-order valence-electron chi connectivity index (χ0n) is 19.9. The van der Waals surface area contributed by atoms with E-state index in [-0.39, 0.29) is 23.8 Å². The Bertz CT molecular complexity index is 960. The van der Waals surface area contributed by atoms with Gasteiger partial charge in [0.05, 0.1) is 12.7 Å². The summed E-state index contributed by atoms with van der Waals surface area (Å²) in [4.78, 5) is 37.9. The second-order valence-electron chi connectivity index (χ2n) is 9.29. The van der Waals surface area contributed by atoms with Crippen LogP contribution in [0, 0.1) is 5.41 Å². The molecule has 8 nitrogen and oxygen atoms in total. The molecule has 1 spiro atoms. The van der Waals surface area contributed by atoms with Crippen LogP contribution in [0.3, 0.4) is 0 Å². The molecule has 1 aromatic heterocycles. The summed E-state index contributed by atoms with van der Waals surface area (Å²) in [6, 6.07) is 8.16. The lowest BCUT2D eigenvalue weighted by molar-refractivity contribution is -0.137. The first-order valence-corrected chi connectivity index (χ1v) is 12.1. The van der Waals surface area contributed by atoms with E-state index in [9.17, 15) is 9.59 Å². The number of hydrogen-bond acceptors (Lipinski definition) is 6. The van der Waals surface area contributed by atoms with Gasteiger partial charge in [0, 0.05) is 39.1 Å². The first kappa shape index (κ1) is 24.1. The second kappa shape index (κ2) is 11.4. The van der Waals surface area contributed by atoms with Crippen LogP contribution in [0.4, 0.5) is 0 Å². The van der Waals surface area contributed by atoms with E-state index in [1.54, 1.807) is 19.5 Å². The number of nitrogens with zero attached hydrogens (tertiary/aromatic N) is 4. The monoisotopic (exact) mass is 466 g/mol. The predicted molar refractivity (Wildman–Crippen MR) is 128 cm³/mol. The first-order valence-electron chi connectivity index (χ1n) is 12.1. The number of methoxy groups -OCH3 is 1. The van der Waals surface area contributed by atoms with Gasteiger partial charge in [-0.2, -0.15) is 0 Å². The van der Waals surface area contributed by atoms with Crippen molar-refractivity contribution >= 4 is 11.8 Å². The normalized spacial score (nSPS) is 18.9. The zero-order valence-corrected chi connectivity index (χ0v) is 19.9. The maximum Gasteiger partial charge on any atom is 0.274 e. The summed E-state index contributed by atoms with van der Waals surface area (Å²) < 4.78 is 11.2. The quantitative estimate of drug-likeness (QED) is 0.692. The van der Waals surface area contributed by atoms with Crippen LogP contribution < -0.4 is 4.74 Å². The molecule has 0 unspecified atom stereocenters. The van der Waals surface area contributed by atoms with Gasteiger partial charge < -0.3 is 19.3 Å². The number of para-hydroxylation sites is 1. The molecule has 0 aliphatic carbocycles. The van der Waals surface area contributed by atoms with Gasteiger partial charge in [-0.1, -0.05) is 24.6 Å². The number of ether oxygens (including phenoxy) is 2. The van der Waals surface area contributed by atoms with Gasteiger partial charge in [-0.25, -0.2) is 4.98 Å². The van der Waals surface area contributed by atoms with E-state index in [0.29, 0.717) is 38.5 Å². The van der Waals surface area contributed by atoms with Crippen LogP contribution >= 0.6 is 0 Å². The summed E-state index contributed by atoms with van der Waals surface area (Å²) in [6.07, 6.45) is 10.5. The number of piperidine rings is 1. The lowest BCUT2D eigenvalue weighted by atomic mass is 9.73. The molecule has 3 heterocycles. The van der Waals surface area contributed by atoms with E-state index in [0.717, 1.165) is 44.3 Å². The van der Waals surface area contributed by atoms with Gasteiger partial charge >= 0.3 is 0 Å². The largest absolute Gasteiger partial charge is 0.491 e. The van der Waals surface area contributed by atoms with E-state index >= 15 is 0 Å². The first-order chi connectivity index (χ1) is 16.6. The van der Waals surface area contributed by atoms with Crippen molar-refractivity contribution in [3.05, 3.63) is 54.1 Å². The molecule has 0 bridgehead atoms. The van der Waals surface area contributed by atoms with Crippen LogP contribution in [-0.2, 0) is 16.0 Å². The molecule has 4 rings (SSSR count). The molecule has 1 fully saturated rings. The number of rotatable bonds is 3. The van der Waals surface area contributed by atoms with Crippen LogP contribution in [0.15, 0.2) is 42.9 Å². The highest BCUT2D eigenvalue weighted by atomic mass is 16.5. The van der Waals surface area contributed by atoms with E-state index in [4.69, 9.17) is 9.47 Å². The maximum atomic E-state index is 13.4. The number of likely N-dealkylation sites (tertiary alicyclic amines) is 1. The SMILES string of the molecule is COCC(=O)N1CCC2(CCCCc3ccccc3OCCN(C(=O)c3cnccn3)C2)CC1. The molecular formula is C26H34N4O4. The minimum atomic E-state index is -0.126. The molecule has 0 radical (unpaired) electrons. The predicted octanol–water partition coefficient (Wildman–Crippen LogP) is 2.98. The Morgan fingerprint density at radius 1 is 1.06 bits per heavy atom. The molecule has 2 aliphatic heterocycles. The Morgan fingerprint density at radius 2 is 1.88 bits per heavy atom. The number of benzene rings is 1. The van der Waals surface area contributed by atoms with Gasteiger partial charge in [0.15, 0.2) is 0 Å². The molecule has 2 aromatic rings. The molecule has 2 amide bonds. The molecule has 2 aliphatic rings. The van der Waals surface area contributed by atoms with Crippen molar-refractivity contribution in [3.8, 4) is 5.75 Å². The summed E-state index contributed by atoms with van der Waals surface area (Å²) in [5.74, 6) is 0.803. The third-order valence-electron chi connectivity index (χ3n) is 7.03. The number of fused-ring (bicyclic) bond motifs is 1. The Labute approximate surface area is 201 Å². The van der Waals surface area contributed by atoms with Crippen molar-refractivity contribution in [2.24, 2.45) is 5.41 Å². The minimum Gasteiger partial charge on any atom is -0.491 e. The van der Waals surface area contributed by atoms with Gasteiger partial charge in [0.1, 0.15) is 24.7 Å². The van der Waals surface area contributed by atoms with Gasteiger partial charge in [0.2, 0.25) is 5.91 Å². The van der Waals surface area contributed by atoms with Gasteiger partial charge in [0.25, 0.3) is 5.91 Å². The summed E-state index contributed by atoms with van der Waals surface area (Å²) in [7, 11) is 1.55. The molecule has 34 heavy (non-hydrogen) atoms. The number of aromatic nitrogens is 2. The maximum absolute atomic E-state index is 13.4. The zero-order chi connectivity index (χ0) is 23.8. The molecule has 0 saturated carbocycles. The Morgan fingerprint density at radius 3 is 2.65 bits per heavy atom. The van der Waals surface area contributed by atoms with Gasteiger partial charge in [-0.05, 0) is 49.1 Å². The van der Waals surface area contributed by atoms with E-state index < -0.39 is 0 Å². The average molecular weight is 467 g/mol. The summed E-state index contributed by atoms with van der Waals surface area (Å²) >= 11 is 0. The summed E-state index contributed by atoms with van der Waals surface area (Å²) in [5.41, 5.74) is 1.52.